The Labute approximate surface area is 105 Å². The fraction of sp³-hybridized carbons (Fsp3) is 1.00. The number of ether oxygens (including phenoxy) is 2. The quantitative estimate of drug-likeness (QED) is 0.599. The zero-order chi connectivity index (χ0) is 12.4. The molecule has 0 radical (unpaired) electrons. The van der Waals surface area contributed by atoms with Gasteiger partial charge in [0.25, 0.3) is 0 Å². The van der Waals surface area contributed by atoms with Gasteiger partial charge in [0.05, 0.1) is 13.2 Å². The monoisotopic (exact) mass is 244 g/mol. The van der Waals surface area contributed by atoms with E-state index in [2.05, 4.69) is 6.92 Å². The first-order chi connectivity index (χ1) is 8.33. The predicted octanol–water partition coefficient (Wildman–Crippen LogP) is 3.25. The summed E-state index contributed by atoms with van der Waals surface area (Å²) in [5.74, 6) is -0.460. The normalized spacial score (nSPS) is 18.7. The van der Waals surface area contributed by atoms with Crippen LogP contribution in [0.3, 0.4) is 0 Å². The Hall–Kier alpha value is -0.120. The highest BCUT2D eigenvalue weighted by Crippen LogP contribution is 2.29. The van der Waals surface area contributed by atoms with Crippen LogP contribution in [0, 0.1) is 0 Å². The van der Waals surface area contributed by atoms with Crippen LogP contribution in [0.2, 0.25) is 0 Å². The molecule has 1 N–H and O–H groups in total. The van der Waals surface area contributed by atoms with E-state index in [-0.39, 0.29) is 6.61 Å². The van der Waals surface area contributed by atoms with E-state index >= 15 is 0 Å². The molecule has 1 aliphatic rings. The molecule has 0 aromatic carbocycles. The maximum Gasteiger partial charge on any atom is 0.170 e. The number of rotatable bonds is 10. The van der Waals surface area contributed by atoms with E-state index in [9.17, 15) is 0 Å². The molecule has 102 valence electrons. The third-order valence-electron chi connectivity index (χ3n) is 3.47. The summed E-state index contributed by atoms with van der Waals surface area (Å²) < 4.78 is 11.3. The highest BCUT2D eigenvalue weighted by Gasteiger charge is 2.34. The number of aliphatic hydroxyl groups excluding tert-OH is 1. The van der Waals surface area contributed by atoms with Crippen molar-refractivity contribution in [2.24, 2.45) is 0 Å². The summed E-state index contributed by atoms with van der Waals surface area (Å²) in [5, 5.41) is 9.03. The SMILES string of the molecule is CCCCCCCCCC1(CCO)OCCO1. The molecule has 0 atom stereocenters. The third kappa shape index (κ3) is 5.84. The molecule has 1 heterocycles. The average Bonchev–Trinajstić information content (AvgIpc) is 2.77. The predicted molar refractivity (Wildman–Crippen MR) is 68.9 cm³/mol. The molecule has 0 amide bonds. The highest BCUT2D eigenvalue weighted by atomic mass is 16.7. The lowest BCUT2D eigenvalue weighted by atomic mass is 10.0. The Bertz CT molecular complexity index is 176. The molecule has 0 aromatic heterocycles. The van der Waals surface area contributed by atoms with Gasteiger partial charge >= 0.3 is 0 Å². The largest absolute Gasteiger partial charge is 0.396 e. The minimum atomic E-state index is -0.460. The van der Waals surface area contributed by atoms with Crippen molar-refractivity contribution in [1.29, 1.82) is 0 Å². The zero-order valence-electron chi connectivity index (χ0n) is 11.2. The van der Waals surface area contributed by atoms with E-state index in [1.54, 1.807) is 0 Å². The van der Waals surface area contributed by atoms with E-state index in [1.807, 2.05) is 0 Å². The van der Waals surface area contributed by atoms with Crippen molar-refractivity contribution in [3.63, 3.8) is 0 Å². The zero-order valence-corrected chi connectivity index (χ0v) is 11.2. The van der Waals surface area contributed by atoms with Gasteiger partial charge < -0.3 is 14.6 Å². The van der Waals surface area contributed by atoms with Crippen molar-refractivity contribution in [2.45, 2.75) is 70.5 Å². The number of hydrogen-bond acceptors (Lipinski definition) is 3. The van der Waals surface area contributed by atoms with Crippen molar-refractivity contribution in [2.75, 3.05) is 19.8 Å². The van der Waals surface area contributed by atoms with Crippen LogP contribution in [0.4, 0.5) is 0 Å². The smallest absolute Gasteiger partial charge is 0.170 e. The maximum absolute atomic E-state index is 9.03. The van der Waals surface area contributed by atoms with Gasteiger partial charge in [-0.3, -0.25) is 0 Å². The Kier molecular flexibility index (Phi) is 7.82. The van der Waals surface area contributed by atoms with Gasteiger partial charge in [-0.05, 0) is 6.42 Å². The van der Waals surface area contributed by atoms with Crippen molar-refractivity contribution >= 4 is 0 Å². The van der Waals surface area contributed by atoms with Gasteiger partial charge in [0.1, 0.15) is 0 Å². The Morgan fingerprint density at radius 3 is 2.06 bits per heavy atom. The second kappa shape index (κ2) is 8.90. The summed E-state index contributed by atoms with van der Waals surface area (Å²) >= 11 is 0. The Morgan fingerprint density at radius 1 is 0.882 bits per heavy atom. The molecular formula is C14H28O3. The first-order valence-corrected chi connectivity index (χ1v) is 7.22. The van der Waals surface area contributed by atoms with Gasteiger partial charge in [0.2, 0.25) is 0 Å². The molecule has 1 rings (SSSR count). The van der Waals surface area contributed by atoms with E-state index in [0.29, 0.717) is 19.6 Å². The molecule has 0 saturated carbocycles. The van der Waals surface area contributed by atoms with Gasteiger partial charge in [0, 0.05) is 19.4 Å². The van der Waals surface area contributed by atoms with E-state index in [1.165, 1.54) is 38.5 Å². The van der Waals surface area contributed by atoms with Crippen LogP contribution in [-0.4, -0.2) is 30.7 Å². The number of hydrogen-bond donors (Lipinski definition) is 1. The average molecular weight is 244 g/mol. The van der Waals surface area contributed by atoms with Gasteiger partial charge in [-0.15, -0.1) is 0 Å². The summed E-state index contributed by atoms with van der Waals surface area (Å²) in [5.41, 5.74) is 0. The molecule has 0 spiro atoms. The van der Waals surface area contributed by atoms with Crippen LogP contribution in [-0.2, 0) is 9.47 Å². The van der Waals surface area contributed by atoms with Gasteiger partial charge in [-0.25, -0.2) is 0 Å². The second-order valence-corrected chi connectivity index (χ2v) is 4.95. The van der Waals surface area contributed by atoms with E-state index < -0.39 is 5.79 Å². The van der Waals surface area contributed by atoms with Crippen molar-refractivity contribution in [3.8, 4) is 0 Å². The molecule has 17 heavy (non-hydrogen) atoms. The molecule has 3 nitrogen and oxygen atoms in total. The molecule has 0 aliphatic carbocycles. The molecule has 0 bridgehead atoms. The molecular weight excluding hydrogens is 216 g/mol. The molecule has 1 saturated heterocycles. The summed E-state index contributed by atoms with van der Waals surface area (Å²) in [4.78, 5) is 0. The lowest BCUT2D eigenvalue weighted by molar-refractivity contribution is -0.172. The first kappa shape index (κ1) is 14.9. The van der Waals surface area contributed by atoms with Crippen LogP contribution in [0.1, 0.15) is 64.7 Å². The van der Waals surface area contributed by atoms with Gasteiger partial charge in [-0.2, -0.15) is 0 Å². The van der Waals surface area contributed by atoms with Crippen LogP contribution in [0.5, 0.6) is 0 Å². The van der Waals surface area contributed by atoms with Crippen LogP contribution < -0.4 is 0 Å². The van der Waals surface area contributed by atoms with Crippen molar-refractivity contribution in [1.82, 2.24) is 0 Å². The van der Waals surface area contributed by atoms with Gasteiger partial charge in [0.15, 0.2) is 5.79 Å². The summed E-state index contributed by atoms with van der Waals surface area (Å²) in [6.45, 7) is 3.75. The minimum Gasteiger partial charge on any atom is -0.396 e. The number of unbranched alkanes of at least 4 members (excludes halogenated alkanes) is 6. The van der Waals surface area contributed by atoms with E-state index in [4.69, 9.17) is 14.6 Å². The Morgan fingerprint density at radius 2 is 1.47 bits per heavy atom. The lowest BCUT2D eigenvalue weighted by Gasteiger charge is -2.26. The highest BCUT2D eigenvalue weighted by molar-refractivity contribution is 4.74. The third-order valence-corrected chi connectivity index (χ3v) is 3.47. The van der Waals surface area contributed by atoms with Crippen molar-refractivity contribution < 1.29 is 14.6 Å². The van der Waals surface area contributed by atoms with Crippen LogP contribution >= 0.6 is 0 Å². The standard InChI is InChI=1S/C14H28O3/c1-2-3-4-5-6-7-8-9-14(10-11-15)16-12-13-17-14/h15H,2-13H2,1H3. The second-order valence-electron chi connectivity index (χ2n) is 4.95. The minimum absolute atomic E-state index is 0.149. The number of aliphatic hydroxyl groups is 1. The topological polar surface area (TPSA) is 38.7 Å². The summed E-state index contributed by atoms with van der Waals surface area (Å²) in [6, 6.07) is 0. The fourth-order valence-corrected chi connectivity index (χ4v) is 2.43. The van der Waals surface area contributed by atoms with Crippen LogP contribution in [0.25, 0.3) is 0 Å². The van der Waals surface area contributed by atoms with Gasteiger partial charge in [-0.1, -0.05) is 45.4 Å². The van der Waals surface area contributed by atoms with E-state index in [0.717, 1.165) is 12.8 Å². The Balaban J connectivity index is 2.03. The molecule has 3 heteroatoms. The maximum atomic E-state index is 9.03. The molecule has 0 unspecified atom stereocenters. The summed E-state index contributed by atoms with van der Waals surface area (Å²) in [6.07, 6.45) is 10.6. The first-order valence-electron chi connectivity index (χ1n) is 7.22. The lowest BCUT2D eigenvalue weighted by Crippen LogP contribution is -2.31. The molecule has 0 aromatic rings. The molecule has 1 aliphatic heterocycles. The van der Waals surface area contributed by atoms with Crippen LogP contribution in [0.15, 0.2) is 0 Å². The fourth-order valence-electron chi connectivity index (χ4n) is 2.43. The summed E-state index contributed by atoms with van der Waals surface area (Å²) in [7, 11) is 0. The van der Waals surface area contributed by atoms with Crippen molar-refractivity contribution in [3.05, 3.63) is 0 Å². The molecule has 1 fully saturated rings.